The van der Waals surface area contributed by atoms with Crippen molar-refractivity contribution in [2.75, 3.05) is 25.0 Å². The maximum absolute atomic E-state index is 13.2. The van der Waals surface area contributed by atoms with Crippen molar-refractivity contribution in [2.24, 2.45) is 0 Å². The molecule has 0 saturated carbocycles. The van der Waals surface area contributed by atoms with E-state index in [1.165, 1.54) is 6.33 Å². The molecular formula is C28H35N5O4. The Hall–Kier alpha value is -3.88. The molecule has 3 aromatic rings. The molecule has 1 aromatic carbocycles. The summed E-state index contributed by atoms with van der Waals surface area (Å²) in [5.41, 5.74) is 4.44. The number of benzene rings is 1. The van der Waals surface area contributed by atoms with E-state index in [9.17, 15) is 9.59 Å². The van der Waals surface area contributed by atoms with Gasteiger partial charge < -0.3 is 24.7 Å². The summed E-state index contributed by atoms with van der Waals surface area (Å²) in [6.07, 6.45) is 8.32. The minimum Gasteiger partial charge on any atom is -0.492 e. The van der Waals surface area contributed by atoms with Crippen LogP contribution >= 0.6 is 0 Å². The van der Waals surface area contributed by atoms with Crippen molar-refractivity contribution in [2.45, 2.75) is 59.0 Å². The number of fused-ring (bicyclic) bond motifs is 3. The van der Waals surface area contributed by atoms with Crippen LogP contribution in [0.15, 0.2) is 43.0 Å². The Morgan fingerprint density at radius 3 is 2.65 bits per heavy atom. The highest BCUT2D eigenvalue weighted by Crippen LogP contribution is 2.33. The summed E-state index contributed by atoms with van der Waals surface area (Å²) in [6, 6.07) is 7.19. The number of anilines is 1. The number of hydrogen-bond acceptors (Lipinski definition) is 6. The van der Waals surface area contributed by atoms with Crippen molar-refractivity contribution in [1.29, 1.82) is 0 Å². The van der Waals surface area contributed by atoms with Gasteiger partial charge in [-0.2, -0.15) is 0 Å². The van der Waals surface area contributed by atoms with E-state index >= 15 is 0 Å². The van der Waals surface area contributed by atoms with E-state index in [1.807, 2.05) is 33.9 Å². The molecular weight excluding hydrogens is 470 g/mol. The highest BCUT2D eigenvalue weighted by atomic mass is 16.6. The fourth-order valence-corrected chi connectivity index (χ4v) is 4.33. The second kappa shape index (κ2) is 11.5. The molecule has 0 fully saturated rings. The van der Waals surface area contributed by atoms with Crippen molar-refractivity contribution in [3.63, 3.8) is 0 Å². The first-order valence-electron chi connectivity index (χ1n) is 12.8. The van der Waals surface area contributed by atoms with Crippen LogP contribution in [0.4, 0.5) is 10.5 Å². The predicted octanol–water partition coefficient (Wildman–Crippen LogP) is 5.24. The standard InChI is InChI=1S/C28H35N5O4/c1-5-13-33(27(35)37-28(2,3)4)14-15-36-21-11-9-20(10-12-21)32-26(34)22-17-30-23-8-6-7-19-16-29-18-31-25(19)24(22)23/h9-12,16-18,30H,5-8,13-15H2,1-4H3,(H,32,34). The molecule has 196 valence electrons. The van der Waals surface area contributed by atoms with Gasteiger partial charge >= 0.3 is 6.09 Å². The molecule has 4 rings (SSSR count). The van der Waals surface area contributed by atoms with E-state index in [4.69, 9.17) is 9.47 Å². The molecule has 0 radical (unpaired) electrons. The minimum atomic E-state index is -0.541. The van der Waals surface area contributed by atoms with Gasteiger partial charge in [0.25, 0.3) is 5.91 Å². The molecule has 0 aliphatic heterocycles. The van der Waals surface area contributed by atoms with E-state index in [0.29, 0.717) is 36.7 Å². The lowest BCUT2D eigenvalue weighted by Crippen LogP contribution is -2.39. The monoisotopic (exact) mass is 505 g/mol. The fourth-order valence-electron chi connectivity index (χ4n) is 4.33. The number of aromatic nitrogens is 3. The number of rotatable bonds is 8. The van der Waals surface area contributed by atoms with E-state index in [2.05, 4.69) is 20.3 Å². The first-order valence-corrected chi connectivity index (χ1v) is 12.8. The van der Waals surface area contributed by atoms with Gasteiger partial charge in [0.1, 0.15) is 24.3 Å². The highest BCUT2D eigenvalue weighted by Gasteiger charge is 2.24. The summed E-state index contributed by atoms with van der Waals surface area (Å²) >= 11 is 0. The van der Waals surface area contributed by atoms with Crippen LogP contribution in [0.5, 0.6) is 5.75 Å². The molecule has 0 unspecified atom stereocenters. The zero-order chi connectivity index (χ0) is 26.4. The number of nitrogens with zero attached hydrogens (tertiary/aromatic N) is 3. The number of carbonyl (C=O) groups excluding carboxylic acids is 2. The van der Waals surface area contributed by atoms with Gasteiger partial charge in [-0.15, -0.1) is 0 Å². The molecule has 2 amide bonds. The zero-order valence-corrected chi connectivity index (χ0v) is 22.0. The molecule has 2 N–H and O–H groups in total. The van der Waals surface area contributed by atoms with E-state index in [0.717, 1.165) is 48.2 Å². The van der Waals surface area contributed by atoms with Crippen molar-refractivity contribution in [1.82, 2.24) is 19.9 Å². The summed E-state index contributed by atoms with van der Waals surface area (Å²) in [7, 11) is 0. The van der Waals surface area contributed by atoms with Crippen LogP contribution in [0, 0.1) is 0 Å². The van der Waals surface area contributed by atoms with Gasteiger partial charge in [0, 0.05) is 35.9 Å². The molecule has 0 spiro atoms. The molecule has 0 atom stereocenters. The third-order valence-corrected chi connectivity index (χ3v) is 5.99. The number of carbonyl (C=O) groups is 2. The minimum absolute atomic E-state index is 0.204. The average Bonchev–Trinajstić information content (AvgIpc) is 3.19. The van der Waals surface area contributed by atoms with Crippen LogP contribution < -0.4 is 10.1 Å². The quantitative estimate of drug-likeness (QED) is 0.433. The molecule has 9 heteroatoms. The van der Waals surface area contributed by atoms with Crippen LogP contribution in [-0.2, 0) is 17.6 Å². The van der Waals surface area contributed by atoms with Crippen LogP contribution in [0.2, 0.25) is 0 Å². The second-order valence-corrected chi connectivity index (χ2v) is 10.1. The largest absolute Gasteiger partial charge is 0.492 e. The van der Waals surface area contributed by atoms with E-state index < -0.39 is 5.60 Å². The number of aryl methyl sites for hydroxylation is 2. The Morgan fingerprint density at radius 2 is 1.92 bits per heavy atom. The first kappa shape index (κ1) is 26.2. The second-order valence-electron chi connectivity index (χ2n) is 10.1. The molecule has 37 heavy (non-hydrogen) atoms. The molecule has 2 heterocycles. The molecule has 9 nitrogen and oxygen atoms in total. The smallest absolute Gasteiger partial charge is 0.410 e. The lowest BCUT2D eigenvalue weighted by atomic mass is 10.0. The van der Waals surface area contributed by atoms with Gasteiger partial charge in [0.2, 0.25) is 0 Å². The van der Waals surface area contributed by atoms with Crippen molar-refractivity contribution >= 4 is 17.7 Å². The van der Waals surface area contributed by atoms with Gasteiger partial charge in [-0.25, -0.2) is 14.8 Å². The Labute approximate surface area is 217 Å². The SMILES string of the molecule is CCCN(CCOc1ccc(NC(=O)c2c[nH]c3c2-c2ncncc2CCC3)cc1)C(=O)OC(C)(C)C. The lowest BCUT2D eigenvalue weighted by molar-refractivity contribution is 0.0226. The average molecular weight is 506 g/mol. The van der Waals surface area contributed by atoms with E-state index in [-0.39, 0.29) is 12.0 Å². The topological polar surface area (TPSA) is 109 Å². The Kier molecular flexibility index (Phi) is 8.11. The predicted molar refractivity (Wildman–Crippen MR) is 142 cm³/mol. The number of nitrogens with one attached hydrogen (secondary N) is 2. The van der Waals surface area contributed by atoms with Crippen molar-refractivity contribution < 1.29 is 19.1 Å². The Morgan fingerprint density at radius 1 is 1.14 bits per heavy atom. The number of amides is 2. The summed E-state index contributed by atoms with van der Waals surface area (Å²) in [6.45, 7) is 8.93. The molecule has 1 aliphatic rings. The lowest BCUT2D eigenvalue weighted by Gasteiger charge is -2.27. The Bertz CT molecular complexity index is 1230. The zero-order valence-electron chi connectivity index (χ0n) is 22.0. The summed E-state index contributed by atoms with van der Waals surface area (Å²) in [5.74, 6) is 0.449. The summed E-state index contributed by atoms with van der Waals surface area (Å²) in [4.78, 5) is 39.1. The summed E-state index contributed by atoms with van der Waals surface area (Å²) < 4.78 is 11.3. The van der Waals surface area contributed by atoms with Gasteiger partial charge in [-0.05, 0) is 76.3 Å². The number of hydrogen-bond donors (Lipinski definition) is 2. The van der Waals surface area contributed by atoms with Gasteiger partial charge in [-0.3, -0.25) is 4.79 Å². The third kappa shape index (κ3) is 6.67. The highest BCUT2D eigenvalue weighted by molar-refractivity contribution is 6.09. The van der Waals surface area contributed by atoms with Crippen LogP contribution in [0.1, 0.15) is 62.2 Å². The number of aromatic amines is 1. The van der Waals surface area contributed by atoms with Crippen LogP contribution in [-0.4, -0.2) is 57.1 Å². The van der Waals surface area contributed by atoms with Crippen molar-refractivity contribution in [3.05, 3.63) is 59.8 Å². The Balaban J connectivity index is 1.36. The molecule has 2 aromatic heterocycles. The number of H-pyrrole nitrogens is 1. The third-order valence-electron chi connectivity index (χ3n) is 5.99. The van der Waals surface area contributed by atoms with Crippen molar-refractivity contribution in [3.8, 4) is 17.0 Å². The maximum Gasteiger partial charge on any atom is 0.410 e. The van der Waals surface area contributed by atoms with Gasteiger partial charge in [-0.1, -0.05) is 6.92 Å². The molecule has 0 bridgehead atoms. The van der Waals surface area contributed by atoms with Crippen LogP contribution in [0.25, 0.3) is 11.3 Å². The van der Waals surface area contributed by atoms with E-state index in [1.54, 1.807) is 35.4 Å². The van der Waals surface area contributed by atoms with Gasteiger partial charge in [0.15, 0.2) is 0 Å². The van der Waals surface area contributed by atoms with Gasteiger partial charge in [0.05, 0.1) is 17.8 Å². The maximum atomic E-state index is 13.2. The molecule has 1 aliphatic carbocycles. The first-order chi connectivity index (χ1) is 17.7. The normalized spacial score (nSPS) is 12.6. The summed E-state index contributed by atoms with van der Waals surface area (Å²) in [5, 5.41) is 2.97. The number of ether oxygens (including phenoxy) is 2. The fraction of sp³-hybridized carbons (Fsp3) is 0.429. The molecule has 0 saturated heterocycles. The van der Waals surface area contributed by atoms with Crippen LogP contribution in [0.3, 0.4) is 0 Å².